The minimum atomic E-state index is -0.484. The van der Waals surface area contributed by atoms with Crippen molar-refractivity contribution in [2.45, 2.75) is 32.7 Å². The van der Waals surface area contributed by atoms with Crippen molar-refractivity contribution >= 4 is 17.9 Å². The van der Waals surface area contributed by atoms with Gasteiger partial charge in [0, 0.05) is 12.8 Å². The number of carbonyl (C=O) groups excluding carboxylic acids is 1. The Morgan fingerprint density at radius 2 is 2.26 bits per heavy atom. The number of aliphatic hydroxyl groups excluding tert-OH is 1. The highest BCUT2D eigenvalue weighted by molar-refractivity contribution is 6.03. The number of ketones is 1. The number of hydrogen-bond acceptors (Lipinski definition) is 7. The van der Waals surface area contributed by atoms with Crippen LogP contribution >= 0.6 is 0 Å². The molecule has 1 atom stereocenters. The van der Waals surface area contributed by atoms with Crippen LogP contribution in [-0.2, 0) is 4.79 Å². The van der Waals surface area contributed by atoms with Gasteiger partial charge in [-0.2, -0.15) is 5.10 Å². The van der Waals surface area contributed by atoms with Crippen LogP contribution in [0.15, 0.2) is 16.4 Å². The van der Waals surface area contributed by atoms with Crippen LogP contribution in [0.5, 0.6) is 0 Å². The Bertz CT molecular complexity index is 600. The molecule has 19 heavy (non-hydrogen) atoms. The third-order valence-corrected chi connectivity index (χ3v) is 3.27. The molecular weight excluding hydrogens is 248 g/mol. The molecule has 3 rings (SSSR count). The maximum atomic E-state index is 12.2. The fourth-order valence-electron chi connectivity index (χ4n) is 2.45. The molecule has 100 valence electrons. The molecule has 2 heterocycles. The van der Waals surface area contributed by atoms with Crippen molar-refractivity contribution in [3.8, 4) is 0 Å². The Hall–Kier alpha value is -2.25. The predicted octanol–water partition coefficient (Wildman–Crippen LogP) is 0.502. The fourth-order valence-corrected chi connectivity index (χ4v) is 2.45. The van der Waals surface area contributed by atoms with E-state index >= 15 is 0 Å². The predicted molar refractivity (Wildman–Crippen MR) is 66.8 cm³/mol. The SMILES string of the molecule is CC1(C)CC(=O)C([C@H]2C=Nn3nnnc3N2)=C(O)C1. The minimum absolute atomic E-state index is 0.0707. The van der Waals surface area contributed by atoms with Crippen molar-refractivity contribution in [1.29, 1.82) is 0 Å². The summed E-state index contributed by atoms with van der Waals surface area (Å²) in [6.45, 7) is 3.92. The average Bonchev–Trinajstić information content (AvgIpc) is 2.73. The second kappa shape index (κ2) is 3.87. The van der Waals surface area contributed by atoms with Gasteiger partial charge in [0.1, 0.15) is 5.76 Å². The van der Waals surface area contributed by atoms with E-state index in [1.165, 1.54) is 11.0 Å². The summed E-state index contributed by atoms with van der Waals surface area (Å²) in [4.78, 5) is 13.4. The number of tetrazole rings is 1. The molecule has 0 radical (unpaired) electrons. The minimum Gasteiger partial charge on any atom is -0.512 e. The van der Waals surface area contributed by atoms with E-state index < -0.39 is 6.04 Å². The van der Waals surface area contributed by atoms with Crippen molar-refractivity contribution in [3.63, 3.8) is 0 Å². The zero-order chi connectivity index (χ0) is 13.6. The van der Waals surface area contributed by atoms with Gasteiger partial charge in [-0.1, -0.05) is 23.7 Å². The molecule has 0 saturated carbocycles. The first kappa shape index (κ1) is 11.8. The third kappa shape index (κ3) is 1.98. The summed E-state index contributed by atoms with van der Waals surface area (Å²) in [6, 6.07) is -0.484. The van der Waals surface area contributed by atoms with Crippen molar-refractivity contribution in [2.75, 3.05) is 5.32 Å². The number of aromatic nitrogens is 4. The number of anilines is 1. The monoisotopic (exact) mass is 262 g/mol. The van der Waals surface area contributed by atoms with Gasteiger partial charge in [-0.05, 0) is 15.8 Å². The van der Waals surface area contributed by atoms with Gasteiger partial charge >= 0.3 is 0 Å². The number of carbonyl (C=O) groups is 1. The van der Waals surface area contributed by atoms with E-state index in [2.05, 4.69) is 25.9 Å². The summed E-state index contributed by atoms with van der Waals surface area (Å²) in [5.41, 5.74) is 0.148. The second-order valence-electron chi connectivity index (χ2n) is 5.58. The summed E-state index contributed by atoms with van der Waals surface area (Å²) in [7, 11) is 0. The van der Waals surface area contributed by atoms with E-state index in [-0.39, 0.29) is 17.0 Å². The molecule has 2 aliphatic rings. The van der Waals surface area contributed by atoms with E-state index in [4.69, 9.17) is 0 Å². The van der Waals surface area contributed by atoms with Crippen molar-refractivity contribution in [1.82, 2.24) is 20.3 Å². The molecule has 1 aliphatic heterocycles. The van der Waals surface area contributed by atoms with E-state index in [1.54, 1.807) is 0 Å². The lowest BCUT2D eigenvalue weighted by molar-refractivity contribution is -0.118. The van der Waals surface area contributed by atoms with E-state index in [0.717, 1.165) is 0 Å². The van der Waals surface area contributed by atoms with Gasteiger partial charge in [-0.15, -0.1) is 0 Å². The van der Waals surface area contributed by atoms with Crippen LogP contribution in [0.3, 0.4) is 0 Å². The molecule has 0 bridgehead atoms. The maximum Gasteiger partial charge on any atom is 0.266 e. The highest BCUT2D eigenvalue weighted by Crippen LogP contribution is 2.37. The zero-order valence-electron chi connectivity index (χ0n) is 10.7. The van der Waals surface area contributed by atoms with Crippen LogP contribution < -0.4 is 5.32 Å². The number of hydrogen-bond donors (Lipinski definition) is 2. The second-order valence-corrected chi connectivity index (χ2v) is 5.58. The Morgan fingerprint density at radius 3 is 3.00 bits per heavy atom. The van der Waals surface area contributed by atoms with Crippen LogP contribution in [0, 0.1) is 5.41 Å². The topological polar surface area (TPSA) is 105 Å². The summed E-state index contributed by atoms with van der Waals surface area (Å²) >= 11 is 0. The summed E-state index contributed by atoms with van der Waals surface area (Å²) < 4.78 is 0. The molecule has 0 aromatic carbocycles. The van der Waals surface area contributed by atoms with Crippen LogP contribution in [0.4, 0.5) is 5.95 Å². The molecule has 2 N–H and O–H groups in total. The van der Waals surface area contributed by atoms with Gasteiger partial charge in [-0.25, -0.2) is 0 Å². The Morgan fingerprint density at radius 1 is 1.47 bits per heavy atom. The van der Waals surface area contributed by atoms with E-state index in [9.17, 15) is 9.90 Å². The lowest BCUT2D eigenvalue weighted by Crippen LogP contribution is -2.37. The number of nitrogens with zero attached hydrogens (tertiary/aromatic N) is 5. The van der Waals surface area contributed by atoms with Gasteiger partial charge in [0.15, 0.2) is 5.78 Å². The molecule has 1 aromatic rings. The smallest absolute Gasteiger partial charge is 0.266 e. The first-order valence-electron chi connectivity index (χ1n) is 6.01. The average molecular weight is 262 g/mol. The van der Waals surface area contributed by atoms with Gasteiger partial charge in [-0.3, -0.25) is 4.79 Å². The van der Waals surface area contributed by atoms with E-state index in [0.29, 0.717) is 24.4 Å². The first-order valence-corrected chi connectivity index (χ1v) is 6.01. The number of rotatable bonds is 1. The fraction of sp³-hybridized carbons (Fsp3) is 0.545. The highest BCUT2D eigenvalue weighted by atomic mass is 16.3. The van der Waals surface area contributed by atoms with Crippen molar-refractivity contribution < 1.29 is 9.90 Å². The Labute approximate surface area is 109 Å². The van der Waals surface area contributed by atoms with Crippen molar-refractivity contribution in [3.05, 3.63) is 11.3 Å². The molecule has 0 amide bonds. The Kier molecular flexibility index (Phi) is 2.41. The maximum absolute atomic E-state index is 12.2. The Balaban J connectivity index is 1.93. The van der Waals surface area contributed by atoms with Crippen LogP contribution in [0.25, 0.3) is 0 Å². The summed E-state index contributed by atoms with van der Waals surface area (Å²) in [5.74, 6) is 0.398. The number of allylic oxidation sites excluding steroid dienone is 1. The van der Waals surface area contributed by atoms with Gasteiger partial charge < -0.3 is 10.4 Å². The van der Waals surface area contributed by atoms with E-state index in [1.807, 2.05) is 13.8 Å². The molecule has 0 spiro atoms. The molecular formula is C11H14N6O2. The quantitative estimate of drug-likeness (QED) is 0.763. The molecule has 0 fully saturated rings. The molecule has 1 aromatic heterocycles. The summed E-state index contributed by atoms with van der Waals surface area (Å²) in [5, 5.41) is 27.9. The lowest BCUT2D eigenvalue weighted by Gasteiger charge is -2.32. The number of nitrogens with one attached hydrogen (secondary N) is 1. The zero-order valence-corrected chi connectivity index (χ0v) is 10.7. The van der Waals surface area contributed by atoms with Crippen LogP contribution in [0.1, 0.15) is 26.7 Å². The first-order chi connectivity index (χ1) is 8.96. The van der Waals surface area contributed by atoms with Crippen LogP contribution in [-0.4, -0.2) is 43.5 Å². The number of aliphatic hydroxyl groups is 1. The normalized spacial score (nSPS) is 25.2. The van der Waals surface area contributed by atoms with Gasteiger partial charge in [0.05, 0.1) is 17.8 Å². The number of Topliss-reactive ketones (excluding diaryl/α,β-unsaturated/α-hetero) is 1. The van der Waals surface area contributed by atoms with Gasteiger partial charge in [0.25, 0.3) is 5.95 Å². The molecule has 8 nitrogen and oxygen atoms in total. The largest absolute Gasteiger partial charge is 0.512 e. The molecule has 0 unspecified atom stereocenters. The molecule has 8 heteroatoms. The lowest BCUT2D eigenvalue weighted by atomic mass is 9.75. The molecule has 0 saturated heterocycles. The number of fused-ring (bicyclic) bond motifs is 1. The van der Waals surface area contributed by atoms with Crippen molar-refractivity contribution in [2.24, 2.45) is 10.5 Å². The highest BCUT2D eigenvalue weighted by Gasteiger charge is 2.37. The standard InChI is InChI=1S/C11H14N6O2/c1-11(2)3-7(18)9(8(19)4-11)6-5-12-17-10(13-6)14-15-16-17/h5-6,18H,3-4H2,1-2H3,(H,13,14,16)/t6-/m1/s1. The summed E-state index contributed by atoms with van der Waals surface area (Å²) in [6.07, 6.45) is 2.40. The van der Waals surface area contributed by atoms with Crippen LogP contribution in [0.2, 0.25) is 0 Å². The molecule has 1 aliphatic carbocycles. The van der Waals surface area contributed by atoms with Gasteiger partial charge in [0.2, 0.25) is 0 Å². The third-order valence-electron chi connectivity index (χ3n) is 3.27.